The maximum atomic E-state index is 13.6. The molecule has 0 saturated carbocycles. The Morgan fingerprint density at radius 2 is 1.89 bits per heavy atom. The van der Waals surface area contributed by atoms with Gasteiger partial charge in [0.2, 0.25) is 6.79 Å². The van der Waals surface area contributed by atoms with Crippen LogP contribution in [0.1, 0.15) is 5.56 Å². The van der Waals surface area contributed by atoms with Crippen molar-refractivity contribution >= 4 is 0 Å². The van der Waals surface area contributed by atoms with Crippen molar-refractivity contribution in [2.75, 3.05) is 6.79 Å². The summed E-state index contributed by atoms with van der Waals surface area (Å²) in [6.07, 6.45) is 0. The number of hydrogen-bond acceptors (Lipinski definition) is 3. The molecule has 1 heterocycles. The molecule has 4 heteroatoms. The monoisotopic (exact) mass is 246 g/mol. The first-order valence-electron chi connectivity index (χ1n) is 5.56. The lowest BCUT2D eigenvalue weighted by atomic mass is 10.2. The number of benzene rings is 2. The van der Waals surface area contributed by atoms with Crippen LogP contribution >= 0.6 is 0 Å². The number of aryl methyl sites for hydroxylation is 1. The molecular formula is C14H11FO3. The Hall–Kier alpha value is -2.23. The van der Waals surface area contributed by atoms with Crippen molar-refractivity contribution in [3.05, 3.63) is 47.8 Å². The number of rotatable bonds is 2. The average molecular weight is 246 g/mol. The Morgan fingerprint density at radius 1 is 1.06 bits per heavy atom. The van der Waals surface area contributed by atoms with Crippen LogP contribution in [0.15, 0.2) is 36.4 Å². The molecular weight excluding hydrogens is 235 g/mol. The second kappa shape index (κ2) is 4.22. The lowest BCUT2D eigenvalue weighted by Gasteiger charge is -2.07. The van der Waals surface area contributed by atoms with E-state index in [1.807, 2.05) is 6.92 Å². The summed E-state index contributed by atoms with van der Waals surface area (Å²) in [6, 6.07) is 9.97. The van der Waals surface area contributed by atoms with Crippen molar-refractivity contribution in [2.45, 2.75) is 6.92 Å². The van der Waals surface area contributed by atoms with Crippen molar-refractivity contribution in [1.82, 2.24) is 0 Å². The van der Waals surface area contributed by atoms with E-state index in [9.17, 15) is 4.39 Å². The van der Waals surface area contributed by atoms with E-state index < -0.39 is 0 Å². The molecule has 0 N–H and O–H groups in total. The fraction of sp³-hybridized carbons (Fsp3) is 0.143. The molecule has 0 aliphatic carbocycles. The van der Waals surface area contributed by atoms with Gasteiger partial charge < -0.3 is 14.2 Å². The summed E-state index contributed by atoms with van der Waals surface area (Å²) >= 11 is 0. The lowest BCUT2D eigenvalue weighted by molar-refractivity contribution is 0.174. The molecule has 92 valence electrons. The largest absolute Gasteiger partial charge is 0.454 e. The first-order chi connectivity index (χ1) is 8.72. The normalized spacial score (nSPS) is 12.6. The summed E-state index contributed by atoms with van der Waals surface area (Å²) in [5, 5.41) is 0. The molecule has 18 heavy (non-hydrogen) atoms. The Balaban J connectivity index is 1.88. The summed E-state index contributed by atoms with van der Waals surface area (Å²) in [7, 11) is 0. The van der Waals surface area contributed by atoms with Gasteiger partial charge in [-0.25, -0.2) is 4.39 Å². The van der Waals surface area contributed by atoms with Crippen LogP contribution in [0, 0.1) is 12.7 Å². The topological polar surface area (TPSA) is 27.7 Å². The summed E-state index contributed by atoms with van der Waals surface area (Å²) in [4.78, 5) is 0. The van der Waals surface area contributed by atoms with Crippen LogP contribution < -0.4 is 14.2 Å². The van der Waals surface area contributed by atoms with Gasteiger partial charge in [0.25, 0.3) is 0 Å². The van der Waals surface area contributed by atoms with Gasteiger partial charge in [-0.05, 0) is 36.8 Å². The Labute approximate surface area is 104 Å². The molecule has 0 amide bonds. The third-order valence-corrected chi connectivity index (χ3v) is 2.66. The Bertz CT molecular complexity index is 596. The van der Waals surface area contributed by atoms with Crippen LogP contribution in [-0.2, 0) is 0 Å². The van der Waals surface area contributed by atoms with Crippen LogP contribution in [0.5, 0.6) is 23.0 Å². The molecule has 1 aliphatic heterocycles. The molecule has 1 aliphatic rings. The molecule has 3 rings (SSSR count). The van der Waals surface area contributed by atoms with E-state index >= 15 is 0 Å². The molecule has 2 aromatic carbocycles. The average Bonchev–Trinajstić information content (AvgIpc) is 2.80. The SMILES string of the molecule is Cc1ccc(Oc2ccc3c(c2)OCO3)c(F)c1. The van der Waals surface area contributed by atoms with Gasteiger partial charge in [0.05, 0.1) is 0 Å². The summed E-state index contributed by atoms with van der Waals surface area (Å²) in [6.45, 7) is 2.03. The van der Waals surface area contributed by atoms with Crippen molar-refractivity contribution in [3.63, 3.8) is 0 Å². The maximum absolute atomic E-state index is 13.6. The van der Waals surface area contributed by atoms with Crippen molar-refractivity contribution in [3.8, 4) is 23.0 Å². The molecule has 0 bridgehead atoms. The van der Waals surface area contributed by atoms with Crippen LogP contribution in [0.3, 0.4) is 0 Å². The minimum Gasteiger partial charge on any atom is -0.454 e. The quantitative estimate of drug-likeness (QED) is 0.809. The molecule has 3 nitrogen and oxygen atoms in total. The van der Waals surface area contributed by atoms with Crippen molar-refractivity contribution in [1.29, 1.82) is 0 Å². The lowest BCUT2D eigenvalue weighted by Crippen LogP contribution is -1.93. The minimum absolute atomic E-state index is 0.194. The highest BCUT2D eigenvalue weighted by Gasteiger charge is 2.14. The number of fused-ring (bicyclic) bond motifs is 1. The highest BCUT2D eigenvalue weighted by atomic mass is 19.1. The van der Waals surface area contributed by atoms with Gasteiger partial charge in [-0.2, -0.15) is 0 Å². The second-order valence-corrected chi connectivity index (χ2v) is 4.05. The fourth-order valence-corrected chi connectivity index (χ4v) is 1.76. The predicted molar refractivity (Wildman–Crippen MR) is 63.8 cm³/mol. The van der Waals surface area contributed by atoms with Crippen LogP contribution in [0.25, 0.3) is 0 Å². The zero-order valence-electron chi connectivity index (χ0n) is 9.77. The van der Waals surface area contributed by atoms with Gasteiger partial charge in [0, 0.05) is 6.07 Å². The van der Waals surface area contributed by atoms with E-state index in [4.69, 9.17) is 14.2 Å². The molecule has 0 saturated heterocycles. The van der Waals surface area contributed by atoms with E-state index in [2.05, 4.69) is 0 Å². The standard InChI is InChI=1S/C14H11FO3/c1-9-2-4-12(11(15)6-9)18-10-3-5-13-14(7-10)17-8-16-13/h2-7H,8H2,1H3. The Kier molecular flexibility index (Phi) is 2.55. The number of ether oxygens (including phenoxy) is 3. The third-order valence-electron chi connectivity index (χ3n) is 2.66. The first-order valence-corrected chi connectivity index (χ1v) is 5.56. The van der Waals surface area contributed by atoms with Crippen LogP contribution in [0.2, 0.25) is 0 Å². The fourth-order valence-electron chi connectivity index (χ4n) is 1.76. The molecule has 0 unspecified atom stereocenters. The predicted octanol–water partition coefficient (Wildman–Crippen LogP) is 3.66. The molecule has 0 aromatic heterocycles. The summed E-state index contributed by atoms with van der Waals surface area (Å²) in [5.41, 5.74) is 0.852. The van der Waals surface area contributed by atoms with E-state index in [0.29, 0.717) is 17.2 Å². The second-order valence-electron chi connectivity index (χ2n) is 4.05. The third kappa shape index (κ3) is 1.97. The molecule has 0 radical (unpaired) electrons. The molecule has 0 spiro atoms. The molecule has 0 atom stereocenters. The van der Waals surface area contributed by atoms with Gasteiger partial charge in [-0.15, -0.1) is 0 Å². The number of halogens is 1. The number of hydrogen-bond donors (Lipinski definition) is 0. The van der Waals surface area contributed by atoms with E-state index in [1.54, 1.807) is 30.3 Å². The highest BCUT2D eigenvalue weighted by Crippen LogP contribution is 2.36. The summed E-state index contributed by atoms with van der Waals surface area (Å²) < 4.78 is 29.5. The highest BCUT2D eigenvalue weighted by molar-refractivity contribution is 5.48. The van der Waals surface area contributed by atoms with Gasteiger partial charge in [-0.3, -0.25) is 0 Å². The molecule has 0 fully saturated rings. The van der Waals surface area contributed by atoms with Gasteiger partial charge >= 0.3 is 0 Å². The maximum Gasteiger partial charge on any atom is 0.231 e. The summed E-state index contributed by atoms with van der Waals surface area (Å²) in [5.74, 6) is 1.61. The smallest absolute Gasteiger partial charge is 0.231 e. The van der Waals surface area contributed by atoms with E-state index in [1.165, 1.54) is 6.07 Å². The van der Waals surface area contributed by atoms with Crippen LogP contribution in [-0.4, -0.2) is 6.79 Å². The van der Waals surface area contributed by atoms with Crippen molar-refractivity contribution in [2.24, 2.45) is 0 Å². The zero-order chi connectivity index (χ0) is 12.5. The zero-order valence-corrected chi connectivity index (χ0v) is 9.77. The van der Waals surface area contributed by atoms with Gasteiger partial charge in [0.1, 0.15) is 5.75 Å². The van der Waals surface area contributed by atoms with Crippen LogP contribution in [0.4, 0.5) is 4.39 Å². The van der Waals surface area contributed by atoms with Gasteiger partial charge in [-0.1, -0.05) is 6.07 Å². The Morgan fingerprint density at radius 3 is 2.72 bits per heavy atom. The molecule has 2 aromatic rings. The van der Waals surface area contributed by atoms with E-state index in [-0.39, 0.29) is 18.4 Å². The van der Waals surface area contributed by atoms with E-state index in [0.717, 1.165) is 5.56 Å². The first kappa shape index (κ1) is 10.9. The van der Waals surface area contributed by atoms with Crippen molar-refractivity contribution < 1.29 is 18.6 Å². The van der Waals surface area contributed by atoms with Gasteiger partial charge in [0.15, 0.2) is 23.1 Å². The minimum atomic E-state index is -0.382.